The molecule has 2 unspecified atom stereocenters. The van der Waals surface area contributed by atoms with Crippen LogP contribution >= 0.6 is 0 Å². The van der Waals surface area contributed by atoms with Crippen molar-refractivity contribution in [3.63, 3.8) is 0 Å². The fourth-order valence-corrected chi connectivity index (χ4v) is 1.50. The van der Waals surface area contributed by atoms with Gasteiger partial charge >= 0.3 is 0 Å². The van der Waals surface area contributed by atoms with E-state index in [2.05, 4.69) is 26.1 Å². The van der Waals surface area contributed by atoms with E-state index in [1.165, 1.54) is 12.8 Å². The van der Waals surface area contributed by atoms with Crippen LogP contribution in [0.4, 0.5) is 0 Å². The second kappa shape index (κ2) is 8.52. The van der Waals surface area contributed by atoms with Crippen molar-refractivity contribution in [3.05, 3.63) is 0 Å². The van der Waals surface area contributed by atoms with Crippen molar-refractivity contribution in [2.75, 3.05) is 20.3 Å². The van der Waals surface area contributed by atoms with Crippen molar-refractivity contribution in [3.8, 4) is 0 Å². The van der Waals surface area contributed by atoms with Crippen LogP contribution in [0.5, 0.6) is 0 Å². The van der Waals surface area contributed by atoms with E-state index in [9.17, 15) is 0 Å². The molecular weight excluding hydrogens is 162 g/mol. The van der Waals surface area contributed by atoms with Gasteiger partial charge in [0.05, 0.1) is 0 Å². The standard InChI is InChI=1S/C11H25NO/c1-5-10(3)9-11(12-6-2)7-8-13-4/h10-12H,5-9H2,1-4H3. The first-order chi connectivity index (χ1) is 6.24. The maximum Gasteiger partial charge on any atom is 0.0477 e. The summed E-state index contributed by atoms with van der Waals surface area (Å²) in [5.41, 5.74) is 0. The Bertz CT molecular complexity index is 106. The SMILES string of the molecule is CCNC(CCOC)CC(C)CC. The van der Waals surface area contributed by atoms with Gasteiger partial charge < -0.3 is 10.1 Å². The summed E-state index contributed by atoms with van der Waals surface area (Å²) >= 11 is 0. The van der Waals surface area contributed by atoms with Gasteiger partial charge in [-0.05, 0) is 25.3 Å². The topological polar surface area (TPSA) is 21.3 Å². The zero-order valence-electron chi connectivity index (χ0n) is 9.60. The van der Waals surface area contributed by atoms with Gasteiger partial charge in [0.2, 0.25) is 0 Å². The summed E-state index contributed by atoms with van der Waals surface area (Å²) in [5, 5.41) is 3.50. The minimum Gasteiger partial charge on any atom is -0.385 e. The lowest BCUT2D eigenvalue weighted by Crippen LogP contribution is -2.31. The van der Waals surface area contributed by atoms with Crippen molar-refractivity contribution >= 4 is 0 Å². The largest absolute Gasteiger partial charge is 0.385 e. The quantitative estimate of drug-likeness (QED) is 0.630. The Hall–Kier alpha value is -0.0800. The number of hydrogen-bond donors (Lipinski definition) is 1. The molecule has 0 heterocycles. The smallest absolute Gasteiger partial charge is 0.0477 e. The fourth-order valence-electron chi connectivity index (χ4n) is 1.50. The molecule has 0 saturated heterocycles. The van der Waals surface area contributed by atoms with Crippen molar-refractivity contribution in [2.24, 2.45) is 5.92 Å². The molecule has 0 saturated carbocycles. The summed E-state index contributed by atoms with van der Waals surface area (Å²) in [5.74, 6) is 0.820. The molecule has 0 fully saturated rings. The van der Waals surface area contributed by atoms with Crippen LogP contribution in [0.15, 0.2) is 0 Å². The maximum atomic E-state index is 5.09. The normalized spacial score (nSPS) is 15.7. The second-order valence-electron chi connectivity index (χ2n) is 3.79. The molecule has 2 atom stereocenters. The second-order valence-corrected chi connectivity index (χ2v) is 3.79. The zero-order chi connectivity index (χ0) is 10.1. The summed E-state index contributed by atoms with van der Waals surface area (Å²) < 4.78 is 5.09. The van der Waals surface area contributed by atoms with Crippen LogP contribution in [0.1, 0.15) is 40.0 Å². The van der Waals surface area contributed by atoms with Gasteiger partial charge in [-0.25, -0.2) is 0 Å². The number of methoxy groups -OCH3 is 1. The summed E-state index contributed by atoms with van der Waals surface area (Å²) in [6.45, 7) is 8.66. The third-order valence-corrected chi connectivity index (χ3v) is 2.55. The highest BCUT2D eigenvalue weighted by Gasteiger charge is 2.10. The van der Waals surface area contributed by atoms with E-state index in [4.69, 9.17) is 4.74 Å². The number of rotatable bonds is 8. The molecule has 0 radical (unpaired) electrons. The molecule has 13 heavy (non-hydrogen) atoms. The molecule has 0 aromatic carbocycles. The van der Waals surface area contributed by atoms with Gasteiger partial charge in [-0.15, -0.1) is 0 Å². The molecule has 0 aliphatic rings. The first-order valence-electron chi connectivity index (χ1n) is 5.46. The molecule has 0 aliphatic heterocycles. The molecule has 0 amide bonds. The van der Waals surface area contributed by atoms with Crippen molar-refractivity contribution in [2.45, 2.75) is 46.1 Å². The Morgan fingerprint density at radius 3 is 2.46 bits per heavy atom. The molecule has 0 bridgehead atoms. The highest BCUT2D eigenvalue weighted by molar-refractivity contribution is 4.68. The third kappa shape index (κ3) is 7.03. The number of nitrogens with one attached hydrogen (secondary N) is 1. The lowest BCUT2D eigenvalue weighted by atomic mass is 9.97. The maximum absolute atomic E-state index is 5.09. The van der Waals surface area contributed by atoms with Crippen molar-refractivity contribution in [1.82, 2.24) is 5.32 Å². The van der Waals surface area contributed by atoms with E-state index in [-0.39, 0.29) is 0 Å². The predicted octanol–water partition coefficient (Wildman–Crippen LogP) is 2.44. The third-order valence-electron chi connectivity index (χ3n) is 2.55. The van der Waals surface area contributed by atoms with E-state index in [0.29, 0.717) is 6.04 Å². The van der Waals surface area contributed by atoms with Gasteiger partial charge in [0, 0.05) is 19.8 Å². The van der Waals surface area contributed by atoms with Crippen LogP contribution in [0, 0.1) is 5.92 Å². The minimum absolute atomic E-state index is 0.639. The van der Waals surface area contributed by atoms with E-state index >= 15 is 0 Å². The average molecular weight is 187 g/mol. The zero-order valence-corrected chi connectivity index (χ0v) is 9.60. The minimum atomic E-state index is 0.639. The van der Waals surface area contributed by atoms with Crippen LogP contribution in [-0.2, 0) is 4.74 Å². The van der Waals surface area contributed by atoms with E-state index < -0.39 is 0 Å². The van der Waals surface area contributed by atoms with Crippen LogP contribution in [0.3, 0.4) is 0 Å². The van der Waals surface area contributed by atoms with Gasteiger partial charge in [-0.1, -0.05) is 27.2 Å². The van der Waals surface area contributed by atoms with Crippen LogP contribution < -0.4 is 5.32 Å². The first-order valence-corrected chi connectivity index (χ1v) is 5.46. The molecule has 2 heteroatoms. The monoisotopic (exact) mass is 187 g/mol. The molecule has 2 nitrogen and oxygen atoms in total. The van der Waals surface area contributed by atoms with Crippen LogP contribution in [0.25, 0.3) is 0 Å². The van der Waals surface area contributed by atoms with Gasteiger partial charge in [0.15, 0.2) is 0 Å². The molecule has 0 aromatic heterocycles. The highest BCUT2D eigenvalue weighted by Crippen LogP contribution is 2.11. The molecule has 0 aliphatic carbocycles. The Morgan fingerprint density at radius 2 is 2.00 bits per heavy atom. The van der Waals surface area contributed by atoms with E-state index in [1.807, 2.05) is 0 Å². The van der Waals surface area contributed by atoms with Gasteiger partial charge in [-0.2, -0.15) is 0 Å². The van der Waals surface area contributed by atoms with Crippen molar-refractivity contribution < 1.29 is 4.74 Å². The molecule has 0 aromatic rings. The highest BCUT2D eigenvalue weighted by atomic mass is 16.5. The summed E-state index contributed by atoms with van der Waals surface area (Å²) in [7, 11) is 1.77. The molecular formula is C11H25NO. The van der Waals surface area contributed by atoms with Crippen LogP contribution in [0.2, 0.25) is 0 Å². The molecule has 0 spiro atoms. The lowest BCUT2D eigenvalue weighted by molar-refractivity contribution is 0.178. The Morgan fingerprint density at radius 1 is 1.31 bits per heavy atom. The molecule has 1 N–H and O–H groups in total. The van der Waals surface area contributed by atoms with Gasteiger partial charge in [0.25, 0.3) is 0 Å². The Kier molecular flexibility index (Phi) is 8.46. The van der Waals surface area contributed by atoms with Gasteiger partial charge in [-0.3, -0.25) is 0 Å². The Labute approximate surface area is 83.1 Å². The first kappa shape index (κ1) is 12.9. The van der Waals surface area contributed by atoms with E-state index in [1.54, 1.807) is 7.11 Å². The molecule has 0 rings (SSSR count). The predicted molar refractivity (Wildman–Crippen MR) is 58.0 cm³/mol. The summed E-state index contributed by atoms with van der Waals surface area (Å²) in [6, 6.07) is 0.639. The number of hydrogen-bond acceptors (Lipinski definition) is 2. The van der Waals surface area contributed by atoms with Crippen LogP contribution in [-0.4, -0.2) is 26.3 Å². The Balaban J connectivity index is 3.65. The fraction of sp³-hybridized carbons (Fsp3) is 1.00. The van der Waals surface area contributed by atoms with Gasteiger partial charge in [0.1, 0.15) is 0 Å². The summed E-state index contributed by atoms with van der Waals surface area (Å²) in [4.78, 5) is 0. The summed E-state index contributed by atoms with van der Waals surface area (Å²) in [6.07, 6.45) is 3.68. The average Bonchev–Trinajstić information content (AvgIpc) is 2.14. The van der Waals surface area contributed by atoms with E-state index in [0.717, 1.165) is 25.5 Å². The lowest BCUT2D eigenvalue weighted by Gasteiger charge is -2.20. The molecule has 80 valence electrons. The van der Waals surface area contributed by atoms with Crippen molar-refractivity contribution in [1.29, 1.82) is 0 Å². The number of ether oxygens (including phenoxy) is 1.